The number of aryl methyl sites for hydroxylation is 1. The lowest BCUT2D eigenvalue weighted by Crippen LogP contribution is -2.62. The third kappa shape index (κ3) is 13.5. The first-order valence-corrected chi connectivity index (χ1v) is 30.4. The zero-order chi connectivity index (χ0) is 67.0. The molecule has 490 valence electrons. The molecule has 1 aromatic carbocycles. The van der Waals surface area contributed by atoms with Gasteiger partial charge in [-0.05, 0) is 83.6 Å². The van der Waals surface area contributed by atoms with Crippen molar-refractivity contribution in [2.24, 2.45) is 17.8 Å². The summed E-state index contributed by atoms with van der Waals surface area (Å²) in [6.07, 6.45) is -1.70. The van der Waals surface area contributed by atoms with Crippen LogP contribution in [0.4, 0.5) is 11.4 Å². The van der Waals surface area contributed by atoms with Crippen molar-refractivity contribution in [3.63, 3.8) is 0 Å². The molecule has 1 aliphatic carbocycles. The summed E-state index contributed by atoms with van der Waals surface area (Å²) < 4.78 is 18.3. The van der Waals surface area contributed by atoms with Gasteiger partial charge >= 0.3 is 11.9 Å². The Morgan fingerprint density at radius 3 is 1.53 bits per heavy atom. The Kier molecular flexibility index (Phi) is 20.9. The number of rotatable bonds is 10. The highest BCUT2D eigenvalue weighted by Gasteiger charge is 2.46. The van der Waals surface area contributed by atoms with Crippen LogP contribution in [-0.4, -0.2) is 220 Å². The molecule has 5 aliphatic heterocycles. The first-order valence-electron chi connectivity index (χ1n) is 30.4. The van der Waals surface area contributed by atoms with Crippen molar-refractivity contribution in [2.75, 3.05) is 65.8 Å². The summed E-state index contributed by atoms with van der Waals surface area (Å²) in [6.45, 7) is 16.5. The fraction of sp³-hybridized carbons (Fsp3) is 0.607. The number of fused-ring (bicyclic) bond motifs is 4. The van der Waals surface area contributed by atoms with Gasteiger partial charge in [-0.1, -0.05) is 48.5 Å². The van der Waals surface area contributed by atoms with Gasteiger partial charge in [-0.3, -0.25) is 52.7 Å². The molecule has 0 spiro atoms. The predicted octanol–water partition coefficient (Wildman–Crippen LogP) is 0.0618. The van der Waals surface area contributed by atoms with Crippen molar-refractivity contribution in [1.29, 1.82) is 0 Å². The van der Waals surface area contributed by atoms with E-state index < -0.39 is 190 Å². The number of nitrogen functional groups attached to an aromatic ring is 2. The summed E-state index contributed by atoms with van der Waals surface area (Å²) in [5.74, 6) is -11.8. The number of hydrogen-bond donors (Lipinski definition) is 6. The third-order valence-electron chi connectivity index (χ3n) is 17.6. The Morgan fingerprint density at radius 1 is 0.611 bits per heavy atom. The van der Waals surface area contributed by atoms with Gasteiger partial charge in [0.15, 0.2) is 11.3 Å². The first kappa shape index (κ1) is 68.6. The molecule has 7 rings (SSSR count). The van der Waals surface area contributed by atoms with Crippen LogP contribution in [0.1, 0.15) is 126 Å². The number of amides is 10. The van der Waals surface area contributed by atoms with Crippen LogP contribution in [0.3, 0.4) is 0 Å². The van der Waals surface area contributed by atoms with Gasteiger partial charge in [0, 0.05) is 58.1 Å². The summed E-state index contributed by atoms with van der Waals surface area (Å²) in [4.78, 5) is 198. The largest absolute Gasteiger partial charge is 0.456 e. The molecule has 29 heteroatoms. The number of carbonyl (C=O) groups excluding carboxylic acids is 12. The minimum atomic E-state index is -1.81. The Bertz CT molecular complexity index is 3440. The minimum absolute atomic E-state index is 0.0390. The van der Waals surface area contributed by atoms with E-state index in [9.17, 15) is 62.3 Å². The number of hydrogen-bond acceptors (Lipinski definition) is 19. The van der Waals surface area contributed by atoms with Gasteiger partial charge in [0.05, 0.1) is 24.3 Å². The molecule has 5 heterocycles. The molecule has 4 saturated heterocycles. The predicted molar refractivity (Wildman–Crippen MR) is 325 cm³/mol. The number of nitrogens with zero attached hydrogens (tertiary/aromatic N) is 7. The Labute approximate surface area is 521 Å². The SMILES string of the molecule is CC[C@H]1C(=O)NC(C(C)OC(=O)c2cc(N)c(C)c3oc4c(C)c(=O)c(N)c(C(=O)OC(C)C5NC(=O)[C@H](C(C)C)N(C)C(=O)CN(C)C(=O)[C@@H]6CCCN6C(=O)[C@@H](C(C)C)NC5=O)c-4nc23)C(=O)N[C@H](C(C)C)C(=O)N2CCC[C@H]2C(=O)N(C)CC(=O)N1C. The van der Waals surface area contributed by atoms with E-state index in [1.165, 1.54) is 81.6 Å². The molecular weight excluding hydrogens is 1170 g/mol. The number of esters is 2. The summed E-state index contributed by atoms with van der Waals surface area (Å²) in [5.41, 5.74) is 9.34. The average Bonchev–Trinajstić information content (AvgIpc) is 1.41. The van der Waals surface area contributed by atoms with Crippen LogP contribution < -0.4 is 38.2 Å². The monoisotopic (exact) mass is 1260 g/mol. The van der Waals surface area contributed by atoms with Crippen LogP contribution in [0.25, 0.3) is 22.6 Å². The Balaban J connectivity index is 1.28. The van der Waals surface area contributed by atoms with E-state index in [0.717, 1.165) is 9.80 Å². The number of anilines is 2. The smallest absolute Gasteiger partial charge is 0.343 e. The van der Waals surface area contributed by atoms with E-state index in [4.69, 9.17) is 30.3 Å². The lowest BCUT2D eigenvalue weighted by molar-refractivity contribution is -0.148. The van der Waals surface area contributed by atoms with Gasteiger partial charge < -0.3 is 76.0 Å². The molecule has 6 aliphatic rings. The fourth-order valence-corrected chi connectivity index (χ4v) is 12.1. The molecule has 1 aromatic rings. The van der Waals surface area contributed by atoms with Gasteiger partial charge in [-0.25, -0.2) is 14.6 Å². The van der Waals surface area contributed by atoms with Gasteiger partial charge in [-0.15, -0.1) is 0 Å². The van der Waals surface area contributed by atoms with Crippen molar-refractivity contribution in [1.82, 2.24) is 55.7 Å². The topological polar surface area (TPSA) is 386 Å². The van der Waals surface area contributed by atoms with Crippen LogP contribution in [0.2, 0.25) is 0 Å². The van der Waals surface area contributed by atoms with Crippen molar-refractivity contribution in [3.05, 3.63) is 38.5 Å². The normalized spacial score (nSPS) is 25.0. The third-order valence-corrected chi connectivity index (χ3v) is 17.6. The highest BCUT2D eigenvalue weighted by molar-refractivity contribution is 6.08. The molecule has 0 radical (unpaired) electrons. The summed E-state index contributed by atoms with van der Waals surface area (Å²) >= 11 is 0. The van der Waals surface area contributed by atoms with Gasteiger partial charge in [0.2, 0.25) is 64.5 Å². The average molecular weight is 1260 g/mol. The van der Waals surface area contributed by atoms with Crippen molar-refractivity contribution in [2.45, 2.75) is 169 Å². The maximum Gasteiger partial charge on any atom is 0.343 e. The van der Waals surface area contributed by atoms with Crippen LogP contribution in [-0.2, 0) is 57.4 Å². The number of carbonyl (C=O) groups is 12. The molecule has 0 bridgehead atoms. The first-order chi connectivity index (χ1) is 42.1. The minimum Gasteiger partial charge on any atom is -0.456 e. The van der Waals surface area contributed by atoms with E-state index in [1.807, 2.05) is 0 Å². The molecule has 8 N–H and O–H groups in total. The molecular formula is C61H85N13O16. The van der Waals surface area contributed by atoms with Crippen molar-refractivity contribution < 1.29 is 71.4 Å². The van der Waals surface area contributed by atoms with Crippen molar-refractivity contribution >= 4 is 93.5 Å². The highest BCUT2D eigenvalue weighted by atomic mass is 16.5. The number of benzene rings is 2. The zero-order valence-electron chi connectivity index (χ0n) is 53.8. The van der Waals surface area contributed by atoms with Crippen LogP contribution in [0, 0.1) is 31.6 Å². The van der Waals surface area contributed by atoms with Gasteiger partial charge in [0.1, 0.15) is 77.3 Å². The van der Waals surface area contributed by atoms with E-state index in [-0.39, 0.29) is 53.2 Å². The number of aromatic nitrogens is 1. The summed E-state index contributed by atoms with van der Waals surface area (Å²) in [6, 6.07) is -9.26. The molecule has 4 fully saturated rings. The van der Waals surface area contributed by atoms with Crippen molar-refractivity contribution in [3.8, 4) is 11.5 Å². The molecule has 90 heavy (non-hydrogen) atoms. The van der Waals surface area contributed by atoms with Crippen LogP contribution >= 0.6 is 0 Å². The van der Waals surface area contributed by atoms with Crippen LogP contribution in [0.5, 0.6) is 0 Å². The van der Waals surface area contributed by atoms with E-state index in [1.54, 1.807) is 48.5 Å². The molecule has 4 unspecified atom stereocenters. The second kappa shape index (κ2) is 27.4. The Hall–Kier alpha value is -8.92. The number of nitrogens with two attached hydrogens (primary N) is 2. The van der Waals surface area contributed by atoms with Crippen LogP contribution in [0.15, 0.2) is 15.3 Å². The molecule has 10 atom stereocenters. The standard InChI is InChI=1S/C61H85N13O16/c1-16-35-52(78)67-44(53(79)65-42(26(2)3)58(84)73-21-17-19-36(73)56(82)69(12)24-38(75)71(35)14)31(10)88-60(86)33-23-34(62)29(8)50-46(33)64-47-40(41(63)49(77)30(9)51(47)90-50)61(87)89-32(11)45-54(80)66-43(27(4)5)59(85)74-22-18-20-37(74)57(83)70(13)25-39(76)72(15)48(28(6)7)55(81)68-45/h23,26-28,31-32,35-37,42-45,48H,16-22,24-25,62-63H2,1-15H3,(H,65,79)(H,66,80)(H,67,78)(H,68,81)/t31?,32?,35-,36-,37-,42+,43+,44?,45?,48-/m0/s1. The maximum absolute atomic E-state index is 14.9. The zero-order valence-corrected chi connectivity index (χ0v) is 53.8. The second-order valence-electron chi connectivity index (χ2n) is 25.0. The lowest BCUT2D eigenvalue weighted by atomic mass is 9.99. The summed E-state index contributed by atoms with van der Waals surface area (Å²) in [5, 5.41) is 10.7. The molecule has 0 saturated carbocycles. The maximum atomic E-state index is 14.9. The number of ether oxygens (including phenoxy) is 2. The fourth-order valence-electron chi connectivity index (χ4n) is 12.1. The highest BCUT2D eigenvalue weighted by Crippen LogP contribution is 2.37. The van der Waals surface area contributed by atoms with Gasteiger partial charge in [0.25, 0.3) is 0 Å². The van der Waals surface area contributed by atoms with E-state index in [2.05, 4.69) is 21.3 Å². The van der Waals surface area contributed by atoms with E-state index >= 15 is 0 Å². The molecule has 29 nitrogen and oxygen atoms in total. The van der Waals surface area contributed by atoms with E-state index in [0.29, 0.717) is 25.7 Å². The number of likely N-dealkylation sites (N-methyl/N-ethyl adjacent to an activating group) is 4. The quantitative estimate of drug-likeness (QED) is 0.0888. The molecule has 0 aromatic heterocycles. The lowest BCUT2D eigenvalue weighted by Gasteiger charge is -2.34. The molecule has 10 amide bonds. The summed E-state index contributed by atoms with van der Waals surface area (Å²) in [7, 11) is 5.58. The Morgan fingerprint density at radius 2 is 1.07 bits per heavy atom. The number of nitrogens with one attached hydrogen (secondary N) is 4. The second-order valence-corrected chi connectivity index (χ2v) is 25.0. The van der Waals surface area contributed by atoms with Gasteiger partial charge in [-0.2, -0.15) is 0 Å².